The fraction of sp³-hybridized carbons (Fsp3) is 0.733. The number of hydrogen-bond acceptors (Lipinski definition) is 5. The number of nitrogens with one attached hydrogen (secondary N) is 1. The summed E-state index contributed by atoms with van der Waals surface area (Å²) in [4.78, 5) is 9.06. The van der Waals surface area contributed by atoms with Crippen LogP contribution in [0.25, 0.3) is 0 Å². The van der Waals surface area contributed by atoms with Crippen LogP contribution in [0.1, 0.15) is 58.2 Å². The number of aromatic nitrogens is 2. The van der Waals surface area contributed by atoms with E-state index in [0.29, 0.717) is 30.0 Å². The van der Waals surface area contributed by atoms with E-state index in [1.807, 2.05) is 0 Å². The minimum absolute atomic E-state index is 0.490. The molecule has 0 atom stereocenters. The second kappa shape index (κ2) is 6.77. The molecule has 0 aromatic carbocycles. The van der Waals surface area contributed by atoms with Gasteiger partial charge in [-0.25, -0.2) is 4.98 Å². The molecule has 0 amide bonds. The Hall–Kier alpha value is -1.52. The standard InChI is InChI=1S/C15H26N4O/c1-4-5-8-20-15-12(16)14(17-9-10(2)3)18-13(19-15)11-6-7-11/h10-11H,4-9,16H2,1-3H3,(H,17,18,19). The van der Waals surface area contributed by atoms with Gasteiger partial charge in [0.15, 0.2) is 5.82 Å². The Labute approximate surface area is 121 Å². The zero-order valence-electron chi connectivity index (χ0n) is 12.8. The van der Waals surface area contributed by atoms with Gasteiger partial charge >= 0.3 is 0 Å². The average Bonchev–Trinajstić information content (AvgIpc) is 3.23. The highest BCUT2D eigenvalue weighted by Crippen LogP contribution is 2.40. The van der Waals surface area contributed by atoms with E-state index in [0.717, 1.165) is 31.0 Å². The van der Waals surface area contributed by atoms with Gasteiger partial charge in [-0.15, -0.1) is 0 Å². The van der Waals surface area contributed by atoms with Gasteiger partial charge in [-0.2, -0.15) is 4.98 Å². The van der Waals surface area contributed by atoms with E-state index < -0.39 is 0 Å². The lowest BCUT2D eigenvalue weighted by Gasteiger charge is -2.15. The van der Waals surface area contributed by atoms with E-state index in [1.54, 1.807) is 0 Å². The summed E-state index contributed by atoms with van der Waals surface area (Å²) in [6.07, 6.45) is 4.44. The molecule has 1 heterocycles. The van der Waals surface area contributed by atoms with E-state index in [4.69, 9.17) is 10.5 Å². The van der Waals surface area contributed by atoms with Crippen LogP contribution in [0.4, 0.5) is 11.5 Å². The van der Waals surface area contributed by atoms with Crippen LogP contribution in [0, 0.1) is 5.92 Å². The van der Waals surface area contributed by atoms with Crippen LogP contribution in [0.5, 0.6) is 5.88 Å². The van der Waals surface area contributed by atoms with Crippen molar-refractivity contribution in [3.63, 3.8) is 0 Å². The Morgan fingerprint density at radius 1 is 1.35 bits per heavy atom. The number of nitrogen functional groups attached to an aromatic ring is 1. The Kier molecular flexibility index (Phi) is 5.04. The average molecular weight is 278 g/mol. The number of ether oxygens (including phenoxy) is 1. The molecular formula is C15H26N4O. The van der Waals surface area contributed by atoms with Crippen molar-refractivity contribution in [2.24, 2.45) is 5.92 Å². The first-order chi connectivity index (χ1) is 9.61. The molecule has 20 heavy (non-hydrogen) atoms. The van der Waals surface area contributed by atoms with Gasteiger partial charge in [0, 0.05) is 12.5 Å². The van der Waals surface area contributed by atoms with Crippen molar-refractivity contribution in [1.29, 1.82) is 0 Å². The summed E-state index contributed by atoms with van der Waals surface area (Å²) in [5, 5.41) is 3.31. The summed E-state index contributed by atoms with van der Waals surface area (Å²) in [5.74, 6) is 3.17. The van der Waals surface area contributed by atoms with Gasteiger partial charge in [-0.3, -0.25) is 0 Å². The summed E-state index contributed by atoms with van der Waals surface area (Å²) >= 11 is 0. The van der Waals surface area contributed by atoms with E-state index in [1.165, 1.54) is 12.8 Å². The first kappa shape index (κ1) is 14.9. The number of rotatable bonds is 8. The summed E-state index contributed by atoms with van der Waals surface area (Å²) in [5.41, 5.74) is 6.66. The quantitative estimate of drug-likeness (QED) is 0.714. The maximum atomic E-state index is 6.13. The minimum Gasteiger partial charge on any atom is -0.476 e. The predicted octanol–water partition coefficient (Wildman–Crippen LogP) is 3.18. The smallest absolute Gasteiger partial charge is 0.242 e. The van der Waals surface area contributed by atoms with E-state index in [-0.39, 0.29) is 0 Å². The topological polar surface area (TPSA) is 73.1 Å². The summed E-state index contributed by atoms with van der Waals surface area (Å²) in [6.45, 7) is 7.96. The molecule has 112 valence electrons. The zero-order valence-corrected chi connectivity index (χ0v) is 12.8. The van der Waals surface area contributed by atoms with Crippen LogP contribution in [0.2, 0.25) is 0 Å². The number of hydrogen-bond donors (Lipinski definition) is 2. The molecule has 5 heteroatoms. The number of anilines is 2. The Balaban J connectivity index is 2.15. The maximum absolute atomic E-state index is 6.13. The van der Waals surface area contributed by atoms with Crippen LogP contribution >= 0.6 is 0 Å². The van der Waals surface area contributed by atoms with Crippen LogP contribution in [0.3, 0.4) is 0 Å². The van der Waals surface area contributed by atoms with Crippen LogP contribution in [-0.4, -0.2) is 23.1 Å². The largest absolute Gasteiger partial charge is 0.476 e. The highest BCUT2D eigenvalue weighted by atomic mass is 16.5. The molecule has 1 aliphatic carbocycles. The lowest BCUT2D eigenvalue weighted by molar-refractivity contribution is 0.298. The number of unbranched alkanes of at least 4 members (excludes halogenated alkanes) is 1. The van der Waals surface area contributed by atoms with Crippen molar-refractivity contribution in [1.82, 2.24) is 9.97 Å². The molecule has 2 rings (SSSR count). The molecule has 0 radical (unpaired) electrons. The van der Waals surface area contributed by atoms with Crippen molar-refractivity contribution < 1.29 is 4.74 Å². The molecule has 0 aliphatic heterocycles. The molecule has 3 N–H and O–H groups in total. The summed E-state index contributed by atoms with van der Waals surface area (Å²) < 4.78 is 5.73. The van der Waals surface area contributed by atoms with Gasteiger partial charge in [0.25, 0.3) is 0 Å². The fourth-order valence-corrected chi connectivity index (χ4v) is 1.85. The third-order valence-corrected chi connectivity index (χ3v) is 3.28. The summed E-state index contributed by atoms with van der Waals surface area (Å²) in [7, 11) is 0. The van der Waals surface area contributed by atoms with Crippen LogP contribution < -0.4 is 15.8 Å². The van der Waals surface area contributed by atoms with Crippen molar-refractivity contribution in [3.8, 4) is 5.88 Å². The van der Waals surface area contributed by atoms with E-state index in [9.17, 15) is 0 Å². The van der Waals surface area contributed by atoms with Gasteiger partial charge in [-0.05, 0) is 25.2 Å². The molecule has 0 unspecified atom stereocenters. The third kappa shape index (κ3) is 3.99. The van der Waals surface area contributed by atoms with Crippen molar-refractivity contribution in [3.05, 3.63) is 5.82 Å². The molecule has 1 fully saturated rings. The second-order valence-electron chi connectivity index (χ2n) is 5.90. The van der Waals surface area contributed by atoms with E-state index in [2.05, 4.69) is 36.1 Å². The molecule has 1 saturated carbocycles. The van der Waals surface area contributed by atoms with Crippen molar-refractivity contribution >= 4 is 11.5 Å². The molecule has 1 aromatic heterocycles. The Bertz CT molecular complexity index is 444. The molecular weight excluding hydrogens is 252 g/mol. The first-order valence-corrected chi connectivity index (χ1v) is 7.65. The molecule has 0 bridgehead atoms. The highest BCUT2D eigenvalue weighted by molar-refractivity contribution is 5.67. The van der Waals surface area contributed by atoms with Crippen LogP contribution in [0.15, 0.2) is 0 Å². The SMILES string of the molecule is CCCCOc1nc(C2CC2)nc(NCC(C)C)c1N. The summed E-state index contributed by atoms with van der Waals surface area (Å²) in [6, 6.07) is 0. The molecule has 1 aliphatic rings. The lowest BCUT2D eigenvalue weighted by atomic mass is 10.2. The predicted molar refractivity (Wildman–Crippen MR) is 82.2 cm³/mol. The second-order valence-corrected chi connectivity index (χ2v) is 5.90. The number of nitrogens with two attached hydrogens (primary N) is 1. The van der Waals surface area contributed by atoms with Gasteiger partial charge in [0.1, 0.15) is 11.5 Å². The maximum Gasteiger partial charge on any atom is 0.242 e. The first-order valence-electron chi connectivity index (χ1n) is 7.65. The monoisotopic (exact) mass is 278 g/mol. The van der Waals surface area contributed by atoms with Gasteiger partial charge in [0.2, 0.25) is 5.88 Å². The molecule has 0 saturated heterocycles. The zero-order chi connectivity index (χ0) is 14.5. The molecule has 5 nitrogen and oxygen atoms in total. The van der Waals surface area contributed by atoms with E-state index >= 15 is 0 Å². The normalized spacial score (nSPS) is 14.6. The van der Waals surface area contributed by atoms with Gasteiger partial charge in [0.05, 0.1) is 6.61 Å². The Morgan fingerprint density at radius 2 is 2.10 bits per heavy atom. The molecule has 1 aromatic rings. The van der Waals surface area contributed by atoms with Gasteiger partial charge in [-0.1, -0.05) is 27.2 Å². The number of nitrogens with zero attached hydrogens (tertiary/aromatic N) is 2. The lowest BCUT2D eigenvalue weighted by Crippen LogP contribution is -2.14. The Morgan fingerprint density at radius 3 is 2.70 bits per heavy atom. The highest BCUT2D eigenvalue weighted by Gasteiger charge is 2.28. The fourth-order valence-electron chi connectivity index (χ4n) is 1.85. The van der Waals surface area contributed by atoms with Crippen molar-refractivity contribution in [2.75, 3.05) is 24.2 Å². The van der Waals surface area contributed by atoms with Crippen LogP contribution in [-0.2, 0) is 0 Å². The van der Waals surface area contributed by atoms with Crippen molar-refractivity contribution in [2.45, 2.75) is 52.4 Å². The third-order valence-electron chi connectivity index (χ3n) is 3.28. The van der Waals surface area contributed by atoms with Gasteiger partial charge < -0.3 is 15.8 Å². The molecule has 0 spiro atoms. The minimum atomic E-state index is 0.490.